The highest BCUT2D eigenvalue weighted by Crippen LogP contribution is 2.23. The smallest absolute Gasteiger partial charge is 0.126 e. The molecule has 96 valence electrons. The van der Waals surface area contributed by atoms with E-state index in [1.165, 1.54) is 6.07 Å². The molecule has 0 amide bonds. The third kappa shape index (κ3) is 2.29. The van der Waals surface area contributed by atoms with Crippen LogP contribution in [0.15, 0.2) is 30.5 Å². The van der Waals surface area contributed by atoms with E-state index in [9.17, 15) is 4.39 Å². The van der Waals surface area contributed by atoms with E-state index < -0.39 is 0 Å². The summed E-state index contributed by atoms with van der Waals surface area (Å²) in [6.07, 6.45) is 1.79. The first-order valence-corrected chi connectivity index (χ1v) is 6.12. The third-order valence-electron chi connectivity index (χ3n) is 3.15. The van der Waals surface area contributed by atoms with Crippen molar-refractivity contribution in [3.63, 3.8) is 0 Å². The summed E-state index contributed by atoms with van der Waals surface area (Å²) in [6, 6.07) is 7.23. The summed E-state index contributed by atoms with van der Waals surface area (Å²) >= 11 is 0. The molecule has 18 heavy (non-hydrogen) atoms. The second-order valence-electron chi connectivity index (χ2n) is 4.30. The summed E-state index contributed by atoms with van der Waals surface area (Å²) in [4.78, 5) is 0. The quantitative estimate of drug-likeness (QED) is 0.900. The van der Waals surface area contributed by atoms with E-state index in [4.69, 9.17) is 0 Å². The van der Waals surface area contributed by atoms with Crippen LogP contribution in [0.3, 0.4) is 0 Å². The van der Waals surface area contributed by atoms with E-state index in [0.717, 1.165) is 17.8 Å². The molecule has 0 fully saturated rings. The Hall–Kier alpha value is -1.68. The molecule has 4 heteroatoms. The average Bonchev–Trinajstić information content (AvgIpc) is 2.83. The van der Waals surface area contributed by atoms with Gasteiger partial charge in [-0.15, -0.1) is 0 Å². The summed E-state index contributed by atoms with van der Waals surface area (Å²) in [5.74, 6) is -0.169. The van der Waals surface area contributed by atoms with Gasteiger partial charge >= 0.3 is 0 Å². The van der Waals surface area contributed by atoms with Gasteiger partial charge in [0.25, 0.3) is 0 Å². The molecule has 0 radical (unpaired) electrons. The van der Waals surface area contributed by atoms with Gasteiger partial charge in [-0.3, -0.25) is 4.68 Å². The van der Waals surface area contributed by atoms with Crippen molar-refractivity contribution in [2.24, 2.45) is 0 Å². The van der Waals surface area contributed by atoms with Gasteiger partial charge in [0.2, 0.25) is 0 Å². The van der Waals surface area contributed by atoms with Crippen molar-refractivity contribution < 1.29 is 4.39 Å². The van der Waals surface area contributed by atoms with E-state index in [-0.39, 0.29) is 11.9 Å². The van der Waals surface area contributed by atoms with E-state index in [1.807, 2.05) is 29.9 Å². The molecule has 1 N–H and O–H groups in total. The number of aromatic nitrogens is 2. The van der Waals surface area contributed by atoms with Crippen molar-refractivity contribution in [1.29, 1.82) is 0 Å². The zero-order chi connectivity index (χ0) is 13.1. The fourth-order valence-electron chi connectivity index (χ4n) is 2.19. The van der Waals surface area contributed by atoms with E-state index in [2.05, 4.69) is 17.3 Å². The van der Waals surface area contributed by atoms with Crippen LogP contribution in [0, 0.1) is 12.7 Å². The molecule has 0 spiro atoms. The monoisotopic (exact) mass is 247 g/mol. The van der Waals surface area contributed by atoms with Gasteiger partial charge in [-0.05, 0) is 44.2 Å². The molecule has 1 aromatic carbocycles. The first-order chi connectivity index (χ1) is 8.67. The molecular weight excluding hydrogens is 229 g/mol. The maximum absolute atomic E-state index is 13.3. The van der Waals surface area contributed by atoms with Crippen LogP contribution in [0.4, 0.5) is 4.39 Å². The Morgan fingerprint density at radius 2 is 2.17 bits per heavy atom. The van der Waals surface area contributed by atoms with Gasteiger partial charge in [-0.2, -0.15) is 5.10 Å². The lowest BCUT2D eigenvalue weighted by atomic mass is 10.0. The molecule has 2 aromatic rings. The second kappa shape index (κ2) is 5.31. The summed E-state index contributed by atoms with van der Waals surface area (Å²) in [5.41, 5.74) is 2.80. The maximum Gasteiger partial charge on any atom is 0.126 e. The van der Waals surface area contributed by atoms with E-state index in [0.29, 0.717) is 5.56 Å². The number of hydrogen-bond acceptors (Lipinski definition) is 2. The number of halogens is 1. The number of hydrogen-bond donors (Lipinski definition) is 1. The molecule has 0 bridgehead atoms. The third-order valence-corrected chi connectivity index (χ3v) is 3.15. The molecular formula is C14H18FN3. The Bertz CT molecular complexity index is 534. The van der Waals surface area contributed by atoms with E-state index >= 15 is 0 Å². The van der Waals surface area contributed by atoms with Crippen LogP contribution in [0.2, 0.25) is 0 Å². The Kier molecular flexibility index (Phi) is 3.77. The van der Waals surface area contributed by atoms with E-state index in [1.54, 1.807) is 13.1 Å². The molecule has 0 saturated heterocycles. The first kappa shape index (κ1) is 12.8. The molecule has 0 aliphatic carbocycles. The van der Waals surface area contributed by atoms with Crippen molar-refractivity contribution in [3.8, 4) is 0 Å². The molecule has 1 unspecified atom stereocenters. The predicted molar refractivity (Wildman–Crippen MR) is 69.9 cm³/mol. The van der Waals surface area contributed by atoms with Crippen molar-refractivity contribution in [3.05, 3.63) is 53.1 Å². The number of benzene rings is 1. The molecule has 1 aromatic heterocycles. The van der Waals surface area contributed by atoms with Crippen LogP contribution in [-0.4, -0.2) is 16.8 Å². The Morgan fingerprint density at radius 3 is 2.78 bits per heavy atom. The fourth-order valence-corrected chi connectivity index (χ4v) is 2.19. The van der Waals surface area contributed by atoms with Gasteiger partial charge in [-0.1, -0.05) is 12.1 Å². The summed E-state index contributed by atoms with van der Waals surface area (Å²) < 4.78 is 15.3. The fraction of sp³-hybridized carbons (Fsp3) is 0.357. The lowest BCUT2D eigenvalue weighted by Crippen LogP contribution is -2.21. The predicted octanol–water partition coefficient (Wildman–Crippen LogP) is 2.66. The van der Waals surface area contributed by atoms with Crippen molar-refractivity contribution in [2.75, 3.05) is 7.05 Å². The summed E-state index contributed by atoms with van der Waals surface area (Å²) in [5, 5.41) is 7.53. The zero-order valence-corrected chi connectivity index (χ0v) is 10.9. The Labute approximate surface area is 107 Å². The average molecular weight is 247 g/mol. The summed E-state index contributed by atoms with van der Waals surface area (Å²) in [6.45, 7) is 4.66. The van der Waals surface area contributed by atoms with Crippen molar-refractivity contribution in [1.82, 2.24) is 15.1 Å². The van der Waals surface area contributed by atoms with Crippen LogP contribution in [-0.2, 0) is 6.54 Å². The van der Waals surface area contributed by atoms with Crippen LogP contribution in [0.1, 0.15) is 29.8 Å². The SMILES string of the molecule is CCn1nccc1C(NC)c1ccc(F)c(C)c1. The largest absolute Gasteiger partial charge is 0.308 e. The maximum atomic E-state index is 13.3. The zero-order valence-electron chi connectivity index (χ0n) is 10.9. The highest BCUT2D eigenvalue weighted by Gasteiger charge is 2.16. The second-order valence-corrected chi connectivity index (χ2v) is 4.30. The van der Waals surface area contributed by atoms with Gasteiger partial charge in [0, 0.05) is 12.7 Å². The Balaban J connectivity index is 2.42. The van der Waals surface area contributed by atoms with Gasteiger partial charge in [0.15, 0.2) is 0 Å². The first-order valence-electron chi connectivity index (χ1n) is 6.12. The minimum absolute atomic E-state index is 0.0340. The standard InChI is InChI=1S/C14H18FN3/c1-4-18-13(7-8-17-18)14(16-3)11-5-6-12(15)10(2)9-11/h5-9,14,16H,4H2,1-3H3. The van der Waals surface area contributed by atoms with Gasteiger partial charge in [0.1, 0.15) is 5.82 Å². The van der Waals surface area contributed by atoms with Crippen molar-refractivity contribution >= 4 is 0 Å². The van der Waals surface area contributed by atoms with Crippen LogP contribution in [0.5, 0.6) is 0 Å². The molecule has 1 heterocycles. The number of aryl methyl sites for hydroxylation is 2. The highest BCUT2D eigenvalue weighted by molar-refractivity contribution is 5.31. The van der Waals surface area contributed by atoms with Gasteiger partial charge < -0.3 is 5.32 Å². The molecule has 0 saturated carbocycles. The highest BCUT2D eigenvalue weighted by atomic mass is 19.1. The van der Waals surface area contributed by atoms with Crippen LogP contribution >= 0.6 is 0 Å². The topological polar surface area (TPSA) is 29.9 Å². The normalized spacial score (nSPS) is 12.7. The van der Waals surface area contributed by atoms with Gasteiger partial charge in [-0.25, -0.2) is 4.39 Å². The lowest BCUT2D eigenvalue weighted by Gasteiger charge is -2.18. The van der Waals surface area contributed by atoms with Crippen molar-refractivity contribution in [2.45, 2.75) is 26.4 Å². The molecule has 3 nitrogen and oxygen atoms in total. The van der Waals surface area contributed by atoms with Gasteiger partial charge in [0.05, 0.1) is 11.7 Å². The minimum Gasteiger partial charge on any atom is -0.308 e. The minimum atomic E-state index is -0.169. The number of nitrogens with one attached hydrogen (secondary N) is 1. The summed E-state index contributed by atoms with van der Waals surface area (Å²) in [7, 11) is 1.90. The molecule has 0 aliphatic heterocycles. The number of nitrogens with zero attached hydrogens (tertiary/aromatic N) is 2. The Morgan fingerprint density at radius 1 is 1.39 bits per heavy atom. The molecule has 0 aliphatic rings. The molecule has 2 rings (SSSR count). The number of rotatable bonds is 4. The lowest BCUT2D eigenvalue weighted by molar-refractivity contribution is 0.561. The van der Waals surface area contributed by atoms with Crippen LogP contribution in [0.25, 0.3) is 0 Å². The molecule has 1 atom stereocenters. The van der Waals surface area contributed by atoms with Crippen LogP contribution < -0.4 is 5.32 Å².